The Labute approximate surface area is 193 Å². The van der Waals surface area contributed by atoms with Gasteiger partial charge < -0.3 is 19.9 Å². The zero-order chi connectivity index (χ0) is 24.1. The van der Waals surface area contributed by atoms with Gasteiger partial charge in [-0.15, -0.1) is 13.2 Å². The molecule has 2 N–H and O–H groups in total. The lowest BCUT2D eigenvalue weighted by molar-refractivity contribution is -0.274. The van der Waals surface area contributed by atoms with Gasteiger partial charge in [-0.05, 0) is 48.4 Å². The van der Waals surface area contributed by atoms with Crippen molar-refractivity contribution >= 4 is 18.0 Å². The van der Waals surface area contributed by atoms with Crippen molar-refractivity contribution in [3.63, 3.8) is 0 Å². The number of H-pyrrole nitrogens is 1. The molecule has 182 valence electrons. The van der Waals surface area contributed by atoms with Gasteiger partial charge in [-0.3, -0.25) is 4.79 Å². The van der Waals surface area contributed by atoms with E-state index in [1.807, 2.05) is 4.90 Å². The Morgan fingerprint density at radius 3 is 2.38 bits per heavy atom. The number of halogens is 3. The molecule has 1 aromatic heterocycles. The molecule has 2 saturated heterocycles. The third-order valence-electron chi connectivity index (χ3n) is 6.13. The summed E-state index contributed by atoms with van der Waals surface area (Å²) in [5.41, 5.74) is 1.26. The molecule has 2 unspecified atom stereocenters. The molecule has 0 bridgehead atoms. The van der Waals surface area contributed by atoms with E-state index in [-0.39, 0.29) is 17.7 Å². The fourth-order valence-corrected chi connectivity index (χ4v) is 4.38. The lowest BCUT2D eigenvalue weighted by Gasteiger charge is -2.21. The van der Waals surface area contributed by atoms with E-state index >= 15 is 0 Å². The molecule has 0 spiro atoms. The number of nitrogens with zero attached hydrogens (tertiary/aromatic N) is 4. The second kappa shape index (κ2) is 10.1. The Morgan fingerprint density at radius 2 is 1.79 bits per heavy atom. The number of hydrogen-bond donors (Lipinski definition) is 2. The fourth-order valence-electron chi connectivity index (χ4n) is 4.38. The molecule has 4 rings (SSSR count). The van der Waals surface area contributed by atoms with Crippen LogP contribution in [0.2, 0.25) is 0 Å². The molecule has 2 atom stereocenters. The summed E-state index contributed by atoms with van der Waals surface area (Å²) in [6.45, 7) is 2.81. The Hall–Kier alpha value is -3.57. The number of fused-ring (bicyclic) bond motifs is 1. The maximum atomic E-state index is 12.6. The number of urea groups is 1. The van der Waals surface area contributed by atoms with Crippen LogP contribution in [0.1, 0.15) is 24.1 Å². The van der Waals surface area contributed by atoms with Gasteiger partial charge in [-0.2, -0.15) is 15.4 Å². The highest BCUT2D eigenvalue weighted by Crippen LogP contribution is 2.32. The number of amides is 3. The highest BCUT2D eigenvalue weighted by atomic mass is 19.4. The lowest BCUT2D eigenvalue weighted by Crippen LogP contribution is -2.39. The van der Waals surface area contributed by atoms with Crippen LogP contribution in [-0.2, 0) is 11.3 Å². The predicted molar refractivity (Wildman–Crippen MR) is 115 cm³/mol. The van der Waals surface area contributed by atoms with Crippen molar-refractivity contribution in [1.82, 2.24) is 30.5 Å². The molecule has 2 aliphatic heterocycles. The number of likely N-dealkylation sites (tertiary alicyclic amines) is 2. The number of ether oxygens (including phenoxy) is 1. The molecule has 2 aromatic rings. The Kier molecular flexibility index (Phi) is 7.03. The first-order valence-corrected chi connectivity index (χ1v) is 11.0. The molecule has 2 fully saturated rings. The SMILES string of the molecule is O=C(C=Cc1ccc(OC(F)(F)F)cc1)N1CCC2CN(C(=O)NCc3cn[nH]n3)CC2CC1. The Balaban J connectivity index is 1.24. The topological polar surface area (TPSA) is 103 Å². The largest absolute Gasteiger partial charge is 0.573 e. The van der Waals surface area contributed by atoms with Crippen LogP contribution in [0.25, 0.3) is 6.08 Å². The van der Waals surface area contributed by atoms with E-state index in [1.165, 1.54) is 30.3 Å². The van der Waals surface area contributed by atoms with Gasteiger partial charge in [0.15, 0.2) is 0 Å². The van der Waals surface area contributed by atoms with Gasteiger partial charge in [0, 0.05) is 32.3 Å². The summed E-state index contributed by atoms with van der Waals surface area (Å²) in [5, 5.41) is 13.0. The number of aromatic nitrogens is 3. The summed E-state index contributed by atoms with van der Waals surface area (Å²) in [6, 6.07) is 5.20. The summed E-state index contributed by atoms with van der Waals surface area (Å²) >= 11 is 0. The van der Waals surface area contributed by atoms with Crippen molar-refractivity contribution in [3.05, 3.63) is 47.8 Å². The fraction of sp³-hybridized carbons (Fsp3) is 0.455. The maximum Gasteiger partial charge on any atom is 0.573 e. The monoisotopic (exact) mass is 478 g/mol. The van der Waals surface area contributed by atoms with Crippen LogP contribution in [0, 0.1) is 11.8 Å². The number of nitrogens with one attached hydrogen (secondary N) is 2. The number of alkyl halides is 3. The van der Waals surface area contributed by atoms with E-state index in [2.05, 4.69) is 25.5 Å². The Bertz CT molecular complexity index is 994. The van der Waals surface area contributed by atoms with E-state index in [0.29, 0.717) is 55.8 Å². The van der Waals surface area contributed by atoms with Crippen LogP contribution in [0.3, 0.4) is 0 Å². The van der Waals surface area contributed by atoms with Crippen molar-refractivity contribution in [2.24, 2.45) is 11.8 Å². The van der Waals surface area contributed by atoms with Crippen LogP contribution in [0.15, 0.2) is 36.5 Å². The van der Waals surface area contributed by atoms with Gasteiger partial charge in [0.05, 0.1) is 12.7 Å². The molecule has 0 saturated carbocycles. The standard InChI is InChI=1S/C22H25F3N6O3/c23-22(24,25)34-19-4-1-15(2-5-19)3-6-20(32)30-9-7-16-13-31(14-17(16)8-10-30)21(33)26-11-18-12-27-29-28-18/h1-6,12,16-17H,7-11,13-14H2,(H,26,33)(H,27,28,29). The summed E-state index contributed by atoms with van der Waals surface area (Å²) in [5.74, 6) is 0.218. The third-order valence-corrected chi connectivity index (χ3v) is 6.13. The summed E-state index contributed by atoms with van der Waals surface area (Å²) in [6.07, 6.45) is 1.45. The highest BCUT2D eigenvalue weighted by molar-refractivity contribution is 5.91. The summed E-state index contributed by atoms with van der Waals surface area (Å²) in [4.78, 5) is 28.7. The number of benzene rings is 1. The zero-order valence-electron chi connectivity index (χ0n) is 18.3. The van der Waals surface area contributed by atoms with Gasteiger partial charge in [-0.25, -0.2) is 4.79 Å². The second-order valence-corrected chi connectivity index (χ2v) is 8.40. The first kappa shape index (κ1) is 23.6. The minimum atomic E-state index is -4.74. The van der Waals surface area contributed by atoms with Gasteiger partial charge in [0.2, 0.25) is 5.91 Å². The van der Waals surface area contributed by atoms with Crippen LogP contribution >= 0.6 is 0 Å². The van der Waals surface area contributed by atoms with Gasteiger partial charge in [-0.1, -0.05) is 12.1 Å². The van der Waals surface area contributed by atoms with E-state index in [0.717, 1.165) is 12.8 Å². The highest BCUT2D eigenvalue weighted by Gasteiger charge is 2.37. The van der Waals surface area contributed by atoms with E-state index in [4.69, 9.17) is 0 Å². The second-order valence-electron chi connectivity index (χ2n) is 8.40. The molecule has 1 aromatic carbocycles. The van der Waals surface area contributed by atoms with Crippen LogP contribution in [0.5, 0.6) is 5.75 Å². The normalized spacial score (nSPS) is 20.8. The lowest BCUT2D eigenvalue weighted by atomic mass is 9.92. The smallest absolute Gasteiger partial charge is 0.406 e. The van der Waals surface area contributed by atoms with Gasteiger partial charge in [0.1, 0.15) is 11.4 Å². The Morgan fingerprint density at radius 1 is 1.12 bits per heavy atom. The first-order valence-electron chi connectivity index (χ1n) is 11.0. The van der Waals surface area contributed by atoms with E-state index in [9.17, 15) is 22.8 Å². The zero-order valence-corrected chi connectivity index (χ0v) is 18.3. The van der Waals surface area contributed by atoms with Crippen LogP contribution in [0.4, 0.5) is 18.0 Å². The predicted octanol–water partition coefficient (Wildman–Crippen LogP) is 2.80. The summed E-state index contributed by atoms with van der Waals surface area (Å²) < 4.78 is 40.6. The molecule has 3 heterocycles. The minimum absolute atomic E-state index is 0.126. The van der Waals surface area contributed by atoms with Crippen molar-refractivity contribution in [2.75, 3.05) is 26.2 Å². The van der Waals surface area contributed by atoms with E-state index in [1.54, 1.807) is 17.2 Å². The molecule has 12 heteroatoms. The summed E-state index contributed by atoms with van der Waals surface area (Å²) in [7, 11) is 0. The number of aromatic amines is 1. The van der Waals surface area contributed by atoms with Gasteiger partial charge in [0.25, 0.3) is 0 Å². The molecule has 9 nitrogen and oxygen atoms in total. The maximum absolute atomic E-state index is 12.6. The average Bonchev–Trinajstić information content (AvgIpc) is 3.42. The van der Waals surface area contributed by atoms with Crippen molar-refractivity contribution in [2.45, 2.75) is 25.7 Å². The molecule has 2 aliphatic rings. The van der Waals surface area contributed by atoms with Gasteiger partial charge >= 0.3 is 12.4 Å². The number of carbonyl (C=O) groups excluding carboxylic acids is 2. The van der Waals surface area contributed by atoms with Crippen LogP contribution in [-0.4, -0.2) is 69.7 Å². The van der Waals surface area contributed by atoms with E-state index < -0.39 is 6.36 Å². The first-order chi connectivity index (χ1) is 16.3. The van der Waals surface area contributed by atoms with Crippen molar-refractivity contribution in [1.29, 1.82) is 0 Å². The third kappa shape index (κ3) is 6.27. The number of rotatable bonds is 5. The number of carbonyl (C=O) groups is 2. The molecule has 0 radical (unpaired) electrons. The van der Waals surface area contributed by atoms with Crippen molar-refractivity contribution in [3.8, 4) is 5.75 Å². The van der Waals surface area contributed by atoms with Crippen molar-refractivity contribution < 1.29 is 27.5 Å². The molecular formula is C22H25F3N6O3. The quantitative estimate of drug-likeness (QED) is 0.644. The molecule has 34 heavy (non-hydrogen) atoms. The molecule has 3 amide bonds. The molecule has 0 aliphatic carbocycles. The number of hydrogen-bond acceptors (Lipinski definition) is 5. The van der Waals surface area contributed by atoms with Crippen LogP contribution < -0.4 is 10.1 Å². The molecular weight excluding hydrogens is 453 g/mol. The average molecular weight is 478 g/mol. The minimum Gasteiger partial charge on any atom is -0.406 e.